The van der Waals surface area contributed by atoms with Gasteiger partial charge in [-0.25, -0.2) is 0 Å². The van der Waals surface area contributed by atoms with Crippen LogP contribution >= 0.6 is 0 Å². The third kappa shape index (κ3) is 5.80. The Hall–Kier alpha value is -0.160. The number of morpholine rings is 1. The molecule has 16 heavy (non-hydrogen) atoms. The van der Waals surface area contributed by atoms with Gasteiger partial charge in [-0.2, -0.15) is 0 Å². The van der Waals surface area contributed by atoms with Gasteiger partial charge in [0, 0.05) is 33.4 Å². The molecular formula is C12H26N2O2. The molecule has 4 heteroatoms. The lowest BCUT2D eigenvalue weighted by atomic mass is 10.2. The second-order valence-corrected chi connectivity index (χ2v) is 4.29. The SMILES string of the molecule is CCN1CCOC(CNCCCCOC)C1. The number of hydrogen-bond acceptors (Lipinski definition) is 4. The van der Waals surface area contributed by atoms with E-state index in [1.807, 2.05) is 0 Å². The Bertz CT molecular complexity index is 167. The summed E-state index contributed by atoms with van der Waals surface area (Å²) in [6.45, 7) is 9.28. The molecule has 0 aromatic rings. The summed E-state index contributed by atoms with van der Waals surface area (Å²) in [5.74, 6) is 0. The summed E-state index contributed by atoms with van der Waals surface area (Å²) in [5, 5.41) is 3.45. The summed E-state index contributed by atoms with van der Waals surface area (Å²) >= 11 is 0. The molecule has 96 valence electrons. The lowest BCUT2D eigenvalue weighted by molar-refractivity contribution is -0.0252. The normalized spacial score (nSPS) is 22.5. The van der Waals surface area contributed by atoms with Crippen LogP contribution in [0.2, 0.25) is 0 Å². The molecule has 1 unspecified atom stereocenters. The van der Waals surface area contributed by atoms with E-state index >= 15 is 0 Å². The second kappa shape index (κ2) is 8.93. The van der Waals surface area contributed by atoms with Gasteiger partial charge < -0.3 is 14.8 Å². The van der Waals surface area contributed by atoms with Crippen LogP contribution in [0.3, 0.4) is 0 Å². The summed E-state index contributed by atoms with van der Waals surface area (Å²) in [6.07, 6.45) is 2.69. The number of likely N-dealkylation sites (N-methyl/N-ethyl adjacent to an activating group) is 1. The maximum Gasteiger partial charge on any atom is 0.0826 e. The summed E-state index contributed by atoms with van der Waals surface area (Å²) < 4.78 is 10.7. The van der Waals surface area contributed by atoms with Gasteiger partial charge in [0.25, 0.3) is 0 Å². The Balaban J connectivity index is 1.95. The molecule has 1 rings (SSSR count). The third-order valence-corrected chi connectivity index (χ3v) is 2.99. The zero-order chi connectivity index (χ0) is 11.6. The van der Waals surface area contributed by atoms with E-state index in [9.17, 15) is 0 Å². The monoisotopic (exact) mass is 230 g/mol. The van der Waals surface area contributed by atoms with Crippen molar-refractivity contribution in [1.82, 2.24) is 10.2 Å². The average Bonchev–Trinajstić information content (AvgIpc) is 2.34. The Morgan fingerprint density at radius 3 is 3.06 bits per heavy atom. The van der Waals surface area contributed by atoms with Gasteiger partial charge in [-0.15, -0.1) is 0 Å². The van der Waals surface area contributed by atoms with Crippen molar-refractivity contribution in [2.24, 2.45) is 0 Å². The zero-order valence-corrected chi connectivity index (χ0v) is 10.7. The van der Waals surface area contributed by atoms with Crippen molar-refractivity contribution in [2.75, 3.05) is 53.0 Å². The number of methoxy groups -OCH3 is 1. The van der Waals surface area contributed by atoms with Gasteiger partial charge in [-0.3, -0.25) is 4.90 Å². The van der Waals surface area contributed by atoms with E-state index in [-0.39, 0.29) is 0 Å². The van der Waals surface area contributed by atoms with Crippen molar-refractivity contribution in [3.63, 3.8) is 0 Å². The van der Waals surface area contributed by atoms with Crippen LogP contribution in [0.15, 0.2) is 0 Å². The summed E-state index contributed by atoms with van der Waals surface area (Å²) in [4.78, 5) is 2.45. The molecule has 4 nitrogen and oxygen atoms in total. The number of nitrogens with one attached hydrogen (secondary N) is 1. The molecule has 0 saturated carbocycles. The minimum atomic E-state index is 0.371. The fraction of sp³-hybridized carbons (Fsp3) is 1.00. The Morgan fingerprint density at radius 1 is 1.44 bits per heavy atom. The van der Waals surface area contributed by atoms with Crippen LogP contribution in [-0.4, -0.2) is 64.1 Å². The molecular weight excluding hydrogens is 204 g/mol. The first-order valence-corrected chi connectivity index (χ1v) is 6.40. The Morgan fingerprint density at radius 2 is 2.31 bits per heavy atom. The quantitative estimate of drug-likeness (QED) is 0.623. The van der Waals surface area contributed by atoms with Crippen molar-refractivity contribution < 1.29 is 9.47 Å². The lowest BCUT2D eigenvalue weighted by Gasteiger charge is -2.32. The van der Waals surface area contributed by atoms with Crippen LogP contribution in [0.4, 0.5) is 0 Å². The predicted octanol–water partition coefficient (Wildman–Crippen LogP) is 0.723. The van der Waals surface area contributed by atoms with Crippen molar-refractivity contribution >= 4 is 0 Å². The molecule has 1 aliphatic rings. The average molecular weight is 230 g/mol. The minimum Gasteiger partial charge on any atom is -0.385 e. The van der Waals surface area contributed by atoms with Gasteiger partial charge in [0.1, 0.15) is 0 Å². The number of unbranched alkanes of at least 4 members (excludes halogenated alkanes) is 1. The number of nitrogens with zero attached hydrogens (tertiary/aromatic N) is 1. The van der Waals surface area contributed by atoms with E-state index in [1.165, 1.54) is 6.42 Å². The first-order chi connectivity index (χ1) is 7.86. The van der Waals surface area contributed by atoms with E-state index in [4.69, 9.17) is 9.47 Å². The van der Waals surface area contributed by atoms with E-state index in [1.54, 1.807) is 7.11 Å². The standard InChI is InChI=1S/C12H26N2O2/c1-3-14-7-9-16-12(11-14)10-13-6-4-5-8-15-2/h12-13H,3-11H2,1-2H3. The Labute approximate surface area is 99.3 Å². The van der Waals surface area contributed by atoms with Crippen molar-refractivity contribution in [1.29, 1.82) is 0 Å². The molecule has 0 amide bonds. The highest BCUT2D eigenvalue weighted by Crippen LogP contribution is 2.03. The van der Waals surface area contributed by atoms with E-state index < -0.39 is 0 Å². The Kier molecular flexibility index (Phi) is 7.76. The molecule has 0 spiro atoms. The molecule has 1 saturated heterocycles. The molecule has 1 aliphatic heterocycles. The zero-order valence-electron chi connectivity index (χ0n) is 10.7. The first-order valence-electron chi connectivity index (χ1n) is 6.40. The fourth-order valence-corrected chi connectivity index (χ4v) is 1.95. The van der Waals surface area contributed by atoms with Gasteiger partial charge in [-0.05, 0) is 25.9 Å². The van der Waals surface area contributed by atoms with Gasteiger partial charge in [0.05, 0.1) is 12.7 Å². The largest absolute Gasteiger partial charge is 0.385 e. The van der Waals surface area contributed by atoms with Gasteiger partial charge in [0.2, 0.25) is 0 Å². The third-order valence-electron chi connectivity index (χ3n) is 2.99. The van der Waals surface area contributed by atoms with E-state index in [2.05, 4.69) is 17.1 Å². The van der Waals surface area contributed by atoms with Gasteiger partial charge in [0.15, 0.2) is 0 Å². The smallest absolute Gasteiger partial charge is 0.0826 e. The van der Waals surface area contributed by atoms with Crippen molar-refractivity contribution in [2.45, 2.75) is 25.9 Å². The van der Waals surface area contributed by atoms with E-state index in [0.29, 0.717) is 6.10 Å². The molecule has 0 aliphatic carbocycles. The second-order valence-electron chi connectivity index (χ2n) is 4.29. The topological polar surface area (TPSA) is 33.7 Å². The lowest BCUT2D eigenvalue weighted by Crippen LogP contribution is -2.46. The summed E-state index contributed by atoms with van der Waals surface area (Å²) in [5.41, 5.74) is 0. The molecule has 0 radical (unpaired) electrons. The number of ether oxygens (including phenoxy) is 2. The van der Waals surface area contributed by atoms with Crippen LogP contribution in [0.5, 0.6) is 0 Å². The predicted molar refractivity (Wildman–Crippen MR) is 65.8 cm³/mol. The molecule has 1 heterocycles. The molecule has 1 N–H and O–H groups in total. The fourth-order valence-electron chi connectivity index (χ4n) is 1.95. The first kappa shape index (κ1) is 13.9. The molecule has 1 atom stereocenters. The maximum atomic E-state index is 5.71. The molecule has 0 aromatic carbocycles. The van der Waals surface area contributed by atoms with Crippen molar-refractivity contribution in [3.8, 4) is 0 Å². The van der Waals surface area contributed by atoms with Crippen LogP contribution in [0, 0.1) is 0 Å². The summed E-state index contributed by atoms with van der Waals surface area (Å²) in [7, 11) is 1.75. The number of hydrogen-bond donors (Lipinski definition) is 1. The maximum absolute atomic E-state index is 5.71. The van der Waals surface area contributed by atoms with Crippen molar-refractivity contribution in [3.05, 3.63) is 0 Å². The van der Waals surface area contributed by atoms with Gasteiger partial charge >= 0.3 is 0 Å². The minimum absolute atomic E-state index is 0.371. The van der Waals surface area contributed by atoms with Crippen LogP contribution in [-0.2, 0) is 9.47 Å². The molecule has 0 aromatic heterocycles. The molecule has 1 fully saturated rings. The highest BCUT2D eigenvalue weighted by Gasteiger charge is 2.18. The van der Waals surface area contributed by atoms with Crippen LogP contribution in [0.25, 0.3) is 0 Å². The van der Waals surface area contributed by atoms with Crippen LogP contribution < -0.4 is 5.32 Å². The number of rotatable bonds is 8. The van der Waals surface area contributed by atoms with Crippen LogP contribution in [0.1, 0.15) is 19.8 Å². The molecule has 0 bridgehead atoms. The highest BCUT2D eigenvalue weighted by molar-refractivity contribution is 4.72. The highest BCUT2D eigenvalue weighted by atomic mass is 16.5. The van der Waals surface area contributed by atoms with Gasteiger partial charge in [-0.1, -0.05) is 6.92 Å². The summed E-state index contributed by atoms with van der Waals surface area (Å²) in [6, 6.07) is 0. The van der Waals surface area contributed by atoms with E-state index in [0.717, 1.165) is 52.4 Å².